The smallest absolute Gasteiger partial charge is 0.293 e. The number of amides is 1. The molecule has 34 heavy (non-hydrogen) atoms. The van der Waals surface area contributed by atoms with Crippen molar-refractivity contribution in [3.05, 3.63) is 76.0 Å². The Hall–Kier alpha value is -4.31. The van der Waals surface area contributed by atoms with E-state index in [2.05, 4.69) is 15.3 Å². The van der Waals surface area contributed by atoms with E-state index in [-0.39, 0.29) is 11.3 Å². The molecule has 0 saturated carbocycles. The van der Waals surface area contributed by atoms with Gasteiger partial charge in [-0.3, -0.25) is 14.9 Å². The molecular formula is C24H21N5O5. The number of oxazole rings is 1. The first kappa shape index (κ1) is 21.5. The van der Waals surface area contributed by atoms with E-state index in [4.69, 9.17) is 9.15 Å². The minimum atomic E-state index is -0.464. The van der Waals surface area contributed by atoms with Crippen molar-refractivity contribution in [3.8, 4) is 11.5 Å². The van der Waals surface area contributed by atoms with Crippen molar-refractivity contribution < 1.29 is 18.9 Å². The van der Waals surface area contributed by atoms with Crippen LogP contribution in [0.25, 0.3) is 22.7 Å². The molecule has 0 radical (unpaired) electrons. The molecule has 0 aliphatic carbocycles. The molecule has 1 fully saturated rings. The summed E-state index contributed by atoms with van der Waals surface area (Å²) in [5, 5.41) is 14.6. The maximum Gasteiger partial charge on any atom is 0.293 e. The Bertz CT molecular complexity index is 1360. The van der Waals surface area contributed by atoms with Crippen molar-refractivity contribution >= 4 is 34.2 Å². The summed E-state index contributed by atoms with van der Waals surface area (Å²) >= 11 is 0. The number of hydrogen-bond acceptors (Lipinski definition) is 8. The summed E-state index contributed by atoms with van der Waals surface area (Å²) in [6.45, 7) is 3.97. The van der Waals surface area contributed by atoms with Crippen LogP contribution in [0, 0.1) is 17.0 Å². The molecule has 2 aromatic heterocycles. The number of morpholine rings is 1. The highest BCUT2D eigenvalue weighted by atomic mass is 16.6. The molecule has 2 aromatic carbocycles. The van der Waals surface area contributed by atoms with Crippen molar-refractivity contribution in [2.24, 2.45) is 0 Å². The number of ether oxygens (including phenoxy) is 1. The molecule has 5 rings (SSSR count). The lowest BCUT2D eigenvalue weighted by molar-refractivity contribution is -0.384. The summed E-state index contributed by atoms with van der Waals surface area (Å²) < 4.78 is 11.1. The molecule has 0 bridgehead atoms. The normalized spacial score (nSPS) is 13.7. The number of pyridine rings is 1. The first-order chi connectivity index (χ1) is 16.5. The number of carbonyl (C=O) groups is 1. The van der Waals surface area contributed by atoms with Gasteiger partial charge in [0, 0.05) is 42.2 Å². The van der Waals surface area contributed by atoms with Gasteiger partial charge in [0.25, 0.3) is 11.6 Å². The fraction of sp³-hybridized carbons (Fsp3) is 0.208. The number of anilines is 2. The standard InChI is InChI=1S/C24H21N5O5/c1-15-17(24-27-22-21(34-24)6-3-9-25-22)4-2-5-18(15)26-23(30)16-7-8-19(20(14-16)29(31)32)28-10-12-33-13-11-28/h2-9,14H,10-13H2,1H3,(H,26,30). The number of rotatable bonds is 5. The van der Waals surface area contributed by atoms with Crippen LogP contribution in [0.15, 0.2) is 59.1 Å². The average Bonchev–Trinajstić information content (AvgIpc) is 3.29. The van der Waals surface area contributed by atoms with Gasteiger partial charge in [-0.1, -0.05) is 6.07 Å². The Balaban J connectivity index is 1.42. The van der Waals surface area contributed by atoms with Crippen LogP contribution in [-0.2, 0) is 4.74 Å². The fourth-order valence-electron chi connectivity index (χ4n) is 3.96. The third-order valence-corrected chi connectivity index (χ3v) is 5.76. The molecule has 0 atom stereocenters. The Morgan fingerprint density at radius 2 is 1.97 bits per heavy atom. The zero-order valence-electron chi connectivity index (χ0n) is 18.4. The van der Waals surface area contributed by atoms with E-state index in [0.717, 1.165) is 5.56 Å². The second-order valence-electron chi connectivity index (χ2n) is 7.84. The summed E-state index contributed by atoms with van der Waals surface area (Å²) in [5.74, 6) is -0.0519. The molecule has 3 heterocycles. The Labute approximate surface area is 194 Å². The lowest BCUT2D eigenvalue weighted by Crippen LogP contribution is -2.36. The summed E-state index contributed by atoms with van der Waals surface area (Å²) in [4.78, 5) is 34.8. The minimum Gasteiger partial charge on any atom is -0.434 e. The van der Waals surface area contributed by atoms with Gasteiger partial charge < -0.3 is 19.4 Å². The number of nitro benzene ring substituents is 1. The third-order valence-electron chi connectivity index (χ3n) is 5.76. The fourth-order valence-corrected chi connectivity index (χ4v) is 3.96. The van der Waals surface area contributed by atoms with Crippen LogP contribution in [0.1, 0.15) is 15.9 Å². The SMILES string of the molecule is Cc1c(NC(=O)c2ccc(N3CCOCC3)c([N+](=O)[O-])c2)cccc1-c1nc2ncccc2o1. The minimum absolute atomic E-state index is 0.112. The van der Waals surface area contributed by atoms with Gasteiger partial charge in [0.1, 0.15) is 5.69 Å². The highest BCUT2D eigenvalue weighted by Gasteiger charge is 2.24. The second kappa shape index (κ2) is 8.91. The van der Waals surface area contributed by atoms with Crippen LogP contribution in [0.4, 0.5) is 17.1 Å². The van der Waals surface area contributed by atoms with Crippen molar-refractivity contribution in [1.82, 2.24) is 9.97 Å². The van der Waals surface area contributed by atoms with E-state index in [1.54, 1.807) is 42.6 Å². The third kappa shape index (κ3) is 4.06. The van der Waals surface area contributed by atoms with E-state index >= 15 is 0 Å². The monoisotopic (exact) mass is 459 g/mol. The van der Waals surface area contributed by atoms with Gasteiger partial charge in [0.2, 0.25) is 5.89 Å². The molecule has 1 aliphatic rings. The maximum atomic E-state index is 13.0. The van der Waals surface area contributed by atoms with Crippen molar-refractivity contribution in [2.45, 2.75) is 6.92 Å². The summed E-state index contributed by atoms with van der Waals surface area (Å²) in [7, 11) is 0. The van der Waals surface area contributed by atoms with E-state index in [1.165, 1.54) is 6.07 Å². The molecule has 4 aromatic rings. The number of benzene rings is 2. The lowest BCUT2D eigenvalue weighted by Gasteiger charge is -2.28. The molecule has 1 amide bonds. The molecule has 172 valence electrons. The van der Waals surface area contributed by atoms with Crippen molar-refractivity contribution in [2.75, 3.05) is 36.5 Å². The number of hydrogen-bond donors (Lipinski definition) is 1. The molecule has 10 nitrogen and oxygen atoms in total. The van der Waals surface area contributed by atoms with Gasteiger partial charge in [0.15, 0.2) is 11.2 Å². The highest BCUT2D eigenvalue weighted by molar-refractivity contribution is 6.06. The van der Waals surface area contributed by atoms with Crippen LogP contribution >= 0.6 is 0 Å². The second-order valence-corrected chi connectivity index (χ2v) is 7.84. The van der Waals surface area contributed by atoms with Gasteiger partial charge >= 0.3 is 0 Å². The largest absolute Gasteiger partial charge is 0.434 e. The van der Waals surface area contributed by atoms with Gasteiger partial charge in [-0.2, -0.15) is 4.98 Å². The molecule has 1 saturated heterocycles. The molecule has 10 heteroatoms. The van der Waals surface area contributed by atoms with Crippen LogP contribution in [0.3, 0.4) is 0 Å². The average molecular weight is 459 g/mol. The number of aromatic nitrogens is 2. The highest BCUT2D eigenvalue weighted by Crippen LogP contribution is 2.32. The van der Waals surface area contributed by atoms with E-state index in [1.807, 2.05) is 17.9 Å². The topological polar surface area (TPSA) is 124 Å². The summed E-state index contributed by atoms with van der Waals surface area (Å²) in [6.07, 6.45) is 1.64. The predicted molar refractivity (Wildman–Crippen MR) is 126 cm³/mol. The molecular weight excluding hydrogens is 438 g/mol. The first-order valence-electron chi connectivity index (χ1n) is 10.8. The number of carbonyl (C=O) groups excluding carboxylic acids is 1. The van der Waals surface area contributed by atoms with Crippen LogP contribution in [0.5, 0.6) is 0 Å². The predicted octanol–water partition coefficient (Wildman–Crippen LogP) is 4.20. The molecule has 0 spiro atoms. The van der Waals surface area contributed by atoms with Gasteiger partial charge in [-0.05, 0) is 48.9 Å². The van der Waals surface area contributed by atoms with E-state index in [9.17, 15) is 14.9 Å². The van der Waals surface area contributed by atoms with E-state index in [0.29, 0.717) is 60.4 Å². The Kier molecular flexibility index (Phi) is 5.64. The quantitative estimate of drug-likeness (QED) is 0.348. The number of nitrogens with one attached hydrogen (secondary N) is 1. The van der Waals surface area contributed by atoms with Gasteiger partial charge in [-0.25, -0.2) is 4.98 Å². The van der Waals surface area contributed by atoms with Crippen molar-refractivity contribution in [1.29, 1.82) is 0 Å². The summed E-state index contributed by atoms with van der Waals surface area (Å²) in [5.41, 5.74) is 3.65. The first-order valence-corrected chi connectivity index (χ1v) is 10.8. The van der Waals surface area contributed by atoms with Crippen LogP contribution in [-0.4, -0.2) is 47.1 Å². The molecule has 0 unspecified atom stereocenters. The van der Waals surface area contributed by atoms with Crippen molar-refractivity contribution in [3.63, 3.8) is 0 Å². The number of nitro groups is 1. The zero-order valence-corrected chi connectivity index (χ0v) is 18.4. The maximum absolute atomic E-state index is 13.0. The Morgan fingerprint density at radius 1 is 1.15 bits per heavy atom. The van der Waals surface area contributed by atoms with E-state index < -0.39 is 10.8 Å². The molecule has 1 N–H and O–H groups in total. The van der Waals surface area contributed by atoms with Gasteiger partial charge in [0.05, 0.1) is 18.1 Å². The Morgan fingerprint density at radius 3 is 2.74 bits per heavy atom. The van der Waals surface area contributed by atoms with Crippen LogP contribution in [0.2, 0.25) is 0 Å². The summed E-state index contributed by atoms with van der Waals surface area (Å²) in [6, 6.07) is 13.5. The lowest BCUT2D eigenvalue weighted by atomic mass is 10.1. The number of nitrogens with zero attached hydrogens (tertiary/aromatic N) is 4. The zero-order chi connectivity index (χ0) is 23.7. The van der Waals surface area contributed by atoms with Crippen LogP contribution < -0.4 is 10.2 Å². The molecule has 1 aliphatic heterocycles. The number of fused-ring (bicyclic) bond motifs is 1. The van der Waals surface area contributed by atoms with Gasteiger partial charge in [-0.15, -0.1) is 0 Å².